The summed E-state index contributed by atoms with van der Waals surface area (Å²) >= 11 is 1.09. The van der Waals surface area contributed by atoms with Crippen LogP contribution in [0, 0.1) is 0 Å². The van der Waals surface area contributed by atoms with E-state index in [4.69, 9.17) is 4.74 Å². The second kappa shape index (κ2) is 5.68. The van der Waals surface area contributed by atoms with E-state index in [-0.39, 0.29) is 21.9 Å². The average molecular weight is 331 g/mol. The highest BCUT2D eigenvalue weighted by molar-refractivity contribution is 7.89. The first-order valence-corrected chi connectivity index (χ1v) is 9.14. The first-order chi connectivity index (χ1) is 10.1. The summed E-state index contributed by atoms with van der Waals surface area (Å²) in [5.41, 5.74) is 0. The number of fused-ring (bicyclic) bond motifs is 2. The number of thiophene rings is 1. The summed E-state index contributed by atoms with van der Waals surface area (Å²) < 4.78 is 37.7. The smallest absolute Gasteiger partial charge is 0.349 e. The van der Waals surface area contributed by atoms with Crippen LogP contribution in [-0.2, 0) is 19.5 Å². The summed E-state index contributed by atoms with van der Waals surface area (Å²) in [5.74, 6) is -0.609. The zero-order chi connectivity index (χ0) is 15.0. The molecule has 0 saturated carbocycles. The zero-order valence-corrected chi connectivity index (χ0v) is 13.3. The Labute approximate surface area is 127 Å². The van der Waals surface area contributed by atoms with E-state index >= 15 is 0 Å². The van der Waals surface area contributed by atoms with Crippen molar-refractivity contribution >= 4 is 27.3 Å². The Hall–Kier alpha value is -0.960. The van der Waals surface area contributed by atoms with Crippen LogP contribution in [0.4, 0.5) is 0 Å². The third-order valence-electron chi connectivity index (χ3n) is 3.97. The number of esters is 1. The van der Waals surface area contributed by atoms with E-state index in [1.54, 1.807) is 9.69 Å². The average Bonchev–Trinajstić information content (AvgIpc) is 2.95. The topological polar surface area (TPSA) is 72.9 Å². The molecule has 2 saturated heterocycles. The number of hydrogen-bond acceptors (Lipinski definition) is 6. The second-order valence-corrected chi connectivity index (χ2v) is 7.94. The van der Waals surface area contributed by atoms with E-state index in [1.807, 2.05) is 0 Å². The molecule has 2 bridgehead atoms. The minimum absolute atomic E-state index is 0.0538. The molecule has 1 aromatic rings. The number of sulfonamides is 1. The SMILES string of the molecule is COC(=O)c1sccc1S(=O)(=O)N1[C@@H]2CCC[C@@H]1COC2. The molecule has 8 heteroatoms. The summed E-state index contributed by atoms with van der Waals surface area (Å²) in [6.07, 6.45) is 2.61. The Morgan fingerprint density at radius 3 is 2.67 bits per heavy atom. The van der Waals surface area contributed by atoms with Gasteiger partial charge in [0.2, 0.25) is 10.0 Å². The molecule has 0 spiro atoms. The van der Waals surface area contributed by atoms with Gasteiger partial charge in [-0.25, -0.2) is 13.2 Å². The molecule has 2 aliphatic heterocycles. The van der Waals surface area contributed by atoms with Gasteiger partial charge in [-0.15, -0.1) is 11.3 Å². The molecule has 116 valence electrons. The van der Waals surface area contributed by atoms with Crippen molar-refractivity contribution in [2.45, 2.75) is 36.2 Å². The largest absolute Gasteiger partial charge is 0.465 e. The van der Waals surface area contributed by atoms with Gasteiger partial charge in [-0.3, -0.25) is 0 Å². The van der Waals surface area contributed by atoms with E-state index in [9.17, 15) is 13.2 Å². The number of piperidine rings is 1. The van der Waals surface area contributed by atoms with E-state index < -0.39 is 16.0 Å². The fourth-order valence-electron chi connectivity index (χ4n) is 3.04. The van der Waals surface area contributed by atoms with Crippen molar-refractivity contribution in [1.29, 1.82) is 0 Å². The van der Waals surface area contributed by atoms with Crippen molar-refractivity contribution < 1.29 is 22.7 Å². The maximum absolute atomic E-state index is 13.0. The molecular weight excluding hydrogens is 314 g/mol. The molecule has 2 fully saturated rings. The van der Waals surface area contributed by atoms with Gasteiger partial charge in [-0.2, -0.15) is 4.31 Å². The molecule has 3 rings (SSSR count). The molecule has 0 aromatic carbocycles. The predicted molar refractivity (Wildman–Crippen MR) is 76.9 cm³/mol. The Morgan fingerprint density at radius 2 is 2.05 bits per heavy atom. The Kier molecular flexibility index (Phi) is 4.04. The van der Waals surface area contributed by atoms with Crippen LogP contribution in [0.25, 0.3) is 0 Å². The molecule has 2 atom stereocenters. The lowest BCUT2D eigenvalue weighted by molar-refractivity contribution is -0.0298. The molecule has 6 nitrogen and oxygen atoms in total. The number of methoxy groups -OCH3 is 1. The predicted octanol–water partition coefficient (Wildman–Crippen LogP) is 1.48. The molecule has 0 unspecified atom stereocenters. The van der Waals surface area contributed by atoms with E-state index in [1.165, 1.54) is 13.2 Å². The van der Waals surface area contributed by atoms with Crippen LogP contribution in [0.5, 0.6) is 0 Å². The fraction of sp³-hybridized carbons (Fsp3) is 0.615. The lowest BCUT2D eigenvalue weighted by Crippen LogP contribution is -2.57. The van der Waals surface area contributed by atoms with Crippen molar-refractivity contribution in [3.05, 3.63) is 16.3 Å². The number of carbonyl (C=O) groups is 1. The maximum Gasteiger partial charge on any atom is 0.349 e. The summed E-state index contributed by atoms with van der Waals surface area (Å²) in [6.45, 7) is 0.848. The summed E-state index contributed by atoms with van der Waals surface area (Å²) in [7, 11) is -2.45. The molecule has 0 radical (unpaired) electrons. The first-order valence-electron chi connectivity index (χ1n) is 6.83. The van der Waals surface area contributed by atoms with Gasteiger partial charge in [-0.05, 0) is 24.3 Å². The standard InChI is InChI=1S/C13H17NO5S2/c1-18-13(15)12-11(5-6-20-12)21(16,17)14-9-3-2-4-10(14)8-19-7-9/h5-6,9-10H,2-4,7-8H2,1H3/t9-,10-/m1/s1. The molecule has 0 aliphatic carbocycles. The molecule has 21 heavy (non-hydrogen) atoms. The van der Waals surface area contributed by atoms with Gasteiger partial charge < -0.3 is 9.47 Å². The van der Waals surface area contributed by atoms with Gasteiger partial charge in [-0.1, -0.05) is 6.42 Å². The van der Waals surface area contributed by atoms with Crippen LogP contribution in [0.1, 0.15) is 28.9 Å². The number of morpholine rings is 1. The Balaban J connectivity index is 2.01. The van der Waals surface area contributed by atoms with Gasteiger partial charge in [0.15, 0.2) is 0 Å². The van der Waals surface area contributed by atoms with Gasteiger partial charge in [0.1, 0.15) is 9.77 Å². The second-order valence-electron chi connectivity index (χ2n) is 5.22. The third-order valence-corrected chi connectivity index (χ3v) is 7.04. The lowest BCUT2D eigenvalue weighted by Gasteiger charge is -2.44. The summed E-state index contributed by atoms with van der Waals surface area (Å²) in [6, 6.07) is 1.22. The van der Waals surface area contributed by atoms with E-state index in [2.05, 4.69) is 4.74 Å². The lowest BCUT2D eigenvalue weighted by atomic mass is 9.98. The van der Waals surface area contributed by atoms with Crippen molar-refractivity contribution in [3.8, 4) is 0 Å². The number of hydrogen-bond donors (Lipinski definition) is 0. The monoisotopic (exact) mass is 331 g/mol. The highest BCUT2D eigenvalue weighted by atomic mass is 32.2. The molecular formula is C13H17NO5S2. The van der Waals surface area contributed by atoms with E-state index in [0.717, 1.165) is 30.6 Å². The van der Waals surface area contributed by atoms with Crippen molar-refractivity contribution in [3.63, 3.8) is 0 Å². The van der Waals surface area contributed by atoms with Crippen molar-refractivity contribution in [2.75, 3.05) is 20.3 Å². The van der Waals surface area contributed by atoms with E-state index in [0.29, 0.717) is 13.2 Å². The normalized spacial score (nSPS) is 26.5. The van der Waals surface area contributed by atoms with Crippen LogP contribution in [0.3, 0.4) is 0 Å². The molecule has 0 amide bonds. The molecule has 2 aliphatic rings. The summed E-state index contributed by atoms with van der Waals surface area (Å²) in [5, 5.41) is 1.61. The number of rotatable bonds is 3. The molecule has 0 N–H and O–H groups in total. The highest BCUT2D eigenvalue weighted by Crippen LogP contribution is 2.35. The number of nitrogens with zero attached hydrogens (tertiary/aromatic N) is 1. The summed E-state index contributed by atoms with van der Waals surface area (Å²) in [4.78, 5) is 11.9. The van der Waals surface area contributed by atoms with Crippen molar-refractivity contribution in [2.24, 2.45) is 0 Å². The number of ether oxygens (including phenoxy) is 2. The van der Waals surface area contributed by atoms with Crippen LogP contribution in [0.15, 0.2) is 16.3 Å². The van der Waals surface area contributed by atoms with Gasteiger partial charge in [0.25, 0.3) is 0 Å². The van der Waals surface area contributed by atoms with Gasteiger partial charge in [0, 0.05) is 12.1 Å². The van der Waals surface area contributed by atoms with Gasteiger partial charge >= 0.3 is 5.97 Å². The number of carbonyl (C=O) groups excluding carboxylic acids is 1. The fourth-order valence-corrected chi connectivity index (χ4v) is 6.20. The minimum Gasteiger partial charge on any atom is -0.465 e. The van der Waals surface area contributed by atoms with Crippen LogP contribution in [-0.4, -0.2) is 51.1 Å². The third kappa shape index (κ3) is 2.50. The van der Waals surface area contributed by atoms with Crippen LogP contribution < -0.4 is 0 Å². The Bertz CT molecular complexity index is 617. The quantitative estimate of drug-likeness (QED) is 0.785. The Morgan fingerprint density at radius 1 is 1.38 bits per heavy atom. The zero-order valence-electron chi connectivity index (χ0n) is 11.6. The van der Waals surface area contributed by atoms with Crippen LogP contribution >= 0.6 is 11.3 Å². The van der Waals surface area contributed by atoms with Gasteiger partial charge in [0.05, 0.1) is 20.3 Å². The minimum atomic E-state index is -3.70. The van der Waals surface area contributed by atoms with Crippen molar-refractivity contribution in [1.82, 2.24) is 4.31 Å². The molecule has 3 heterocycles. The maximum atomic E-state index is 13.0. The van der Waals surface area contributed by atoms with Crippen LogP contribution in [0.2, 0.25) is 0 Å². The highest BCUT2D eigenvalue weighted by Gasteiger charge is 2.44. The first kappa shape index (κ1) is 15.0. The molecule has 1 aromatic heterocycles.